The standard InChI is InChI=1S/C33H44N6O4S/c1-22-7-9-24(19-26(22)23-8-10-25(35-20-23)21-38-15-17-43-18-16-38)36-30(42)37-33(12-11-27(44-33)31(2,3)4)29(41)39-14-13-34-28(40)32(39,5)6/h7-11,19-20H,12-18,21H2,1-6H3,(H,34,40)(H2,36,37,42). The second-order valence-electron chi connectivity index (χ2n) is 13.3. The number of ether oxygens (including phenoxy) is 1. The topological polar surface area (TPSA) is 116 Å². The lowest BCUT2D eigenvalue weighted by Gasteiger charge is -2.45. The number of allylic oxidation sites excluding steroid dienone is 1. The summed E-state index contributed by atoms with van der Waals surface area (Å²) in [5.41, 5.74) is 3.35. The summed E-state index contributed by atoms with van der Waals surface area (Å²) >= 11 is 1.37. The van der Waals surface area contributed by atoms with Crippen LogP contribution >= 0.6 is 11.8 Å². The van der Waals surface area contributed by atoms with Crippen molar-refractivity contribution in [3.8, 4) is 11.1 Å². The number of piperazine rings is 1. The number of hydrogen-bond acceptors (Lipinski definition) is 7. The third-order valence-corrected chi connectivity index (χ3v) is 10.3. The largest absolute Gasteiger partial charge is 0.379 e. The minimum absolute atomic E-state index is 0.197. The van der Waals surface area contributed by atoms with Crippen LogP contribution in [0.5, 0.6) is 0 Å². The van der Waals surface area contributed by atoms with Crippen molar-refractivity contribution in [2.45, 2.75) is 64.9 Å². The highest BCUT2D eigenvalue weighted by Crippen LogP contribution is 2.49. The maximum atomic E-state index is 14.2. The Kier molecular flexibility index (Phi) is 9.11. The molecule has 0 saturated carbocycles. The third-order valence-electron chi connectivity index (χ3n) is 8.48. The Labute approximate surface area is 264 Å². The van der Waals surface area contributed by atoms with Crippen LogP contribution in [0.15, 0.2) is 47.5 Å². The summed E-state index contributed by atoms with van der Waals surface area (Å²) in [5, 5.41) is 8.83. The van der Waals surface area contributed by atoms with Crippen molar-refractivity contribution in [2.75, 3.05) is 44.7 Å². The minimum Gasteiger partial charge on any atom is -0.379 e. The molecule has 2 saturated heterocycles. The number of carbonyl (C=O) groups excluding carboxylic acids is 3. The highest BCUT2D eigenvalue weighted by Gasteiger charge is 2.52. The normalized spacial score (nSPS) is 22.3. The molecule has 1 aromatic carbocycles. The Balaban J connectivity index is 1.33. The Bertz CT molecular complexity index is 1450. The van der Waals surface area contributed by atoms with E-state index in [0.717, 1.165) is 60.1 Å². The molecule has 4 amide bonds. The number of urea groups is 1. The summed E-state index contributed by atoms with van der Waals surface area (Å²) in [6.07, 6.45) is 4.23. The summed E-state index contributed by atoms with van der Waals surface area (Å²) < 4.78 is 5.44. The van der Waals surface area contributed by atoms with E-state index in [-0.39, 0.29) is 17.2 Å². The van der Waals surface area contributed by atoms with E-state index in [9.17, 15) is 14.4 Å². The van der Waals surface area contributed by atoms with Crippen LogP contribution in [0.2, 0.25) is 0 Å². The van der Waals surface area contributed by atoms with Gasteiger partial charge in [-0.25, -0.2) is 4.79 Å². The van der Waals surface area contributed by atoms with Crippen LogP contribution in [0.1, 0.15) is 52.3 Å². The van der Waals surface area contributed by atoms with Gasteiger partial charge in [-0.15, -0.1) is 0 Å². The van der Waals surface area contributed by atoms with Gasteiger partial charge in [0.05, 0.1) is 18.9 Å². The Morgan fingerprint density at radius 2 is 1.86 bits per heavy atom. The van der Waals surface area contributed by atoms with Crippen LogP contribution in [0.25, 0.3) is 11.1 Å². The van der Waals surface area contributed by atoms with Crippen molar-refractivity contribution in [1.82, 2.24) is 25.4 Å². The number of nitrogens with zero attached hydrogens (tertiary/aromatic N) is 3. The van der Waals surface area contributed by atoms with Gasteiger partial charge in [-0.2, -0.15) is 0 Å². The minimum atomic E-state index is -1.27. The van der Waals surface area contributed by atoms with Crippen LogP contribution in [-0.2, 0) is 20.9 Å². The lowest BCUT2D eigenvalue weighted by molar-refractivity contribution is -0.151. The SMILES string of the molecule is Cc1ccc(NC(=O)NC2(C(=O)N3CCNC(=O)C3(C)C)CC=C(C(C)(C)C)S2)cc1-c1ccc(CN2CCOCC2)nc1. The summed E-state index contributed by atoms with van der Waals surface area (Å²) in [5.74, 6) is -0.486. The zero-order valence-corrected chi connectivity index (χ0v) is 27.4. The monoisotopic (exact) mass is 620 g/mol. The first-order valence-corrected chi connectivity index (χ1v) is 16.1. The van der Waals surface area contributed by atoms with Crippen molar-refractivity contribution in [3.63, 3.8) is 0 Å². The molecule has 1 unspecified atom stereocenters. The number of amides is 4. The molecular weight excluding hydrogens is 576 g/mol. The molecule has 1 aromatic heterocycles. The van der Waals surface area contributed by atoms with E-state index in [1.54, 1.807) is 18.7 Å². The van der Waals surface area contributed by atoms with Gasteiger partial charge in [0, 0.05) is 56.6 Å². The number of nitrogens with one attached hydrogen (secondary N) is 3. The molecular formula is C33H44N6O4S. The molecule has 0 radical (unpaired) electrons. The number of thioether (sulfide) groups is 1. The highest BCUT2D eigenvalue weighted by molar-refractivity contribution is 8.05. The lowest BCUT2D eigenvalue weighted by Crippen LogP contribution is -2.68. The van der Waals surface area contributed by atoms with E-state index in [2.05, 4.69) is 47.7 Å². The summed E-state index contributed by atoms with van der Waals surface area (Å²) in [4.78, 5) is 48.9. The third kappa shape index (κ3) is 6.79. The van der Waals surface area contributed by atoms with Gasteiger partial charge in [0.15, 0.2) is 4.87 Å². The van der Waals surface area contributed by atoms with E-state index in [0.29, 0.717) is 25.2 Å². The summed E-state index contributed by atoms with van der Waals surface area (Å²) in [7, 11) is 0. The molecule has 2 aromatic rings. The van der Waals surface area contributed by atoms with Gasteiger partial charge in [0.1, 0.15) is 5.54 Å². The van der Waals surface area contributed by atoms with E-state index < -0.39 is 16.4 Å². The van der Waals surface area contributed by atoms with E-state index in [1.165, 1.54) is 11.8 Å². The zero-order chi connectivity index (χ0) is 31.7. The molecule has 3 N–H and O–H groups in total. The van der Waals surface area contributed by atoms with Crippen molar-refractivity contribution in [3.05, 3.63) is 58.8 Å². The maximum Gasteiger partial charge on any atom is 0.320 e. The Morgan fingerprint density at radius 3 is 2.52 bits per heavy atom. The molecule has 0 spiro atoms. The maximum absolute atomic E-state index is 14.2. The molecule has 3 aliphatic rings. The van der Waals surface area contributed by atoms with Gasteiger partial charge in [-0.3, -0.25) is 19.5 Å². The number of pyridine rings is 1. The van der Waals surface area contributed by atoms with Crippen molar-refractivity contribution >= 4 is 35.3 Å². The van der Waals surface area contributed by atoms with Gasteiger partial charge >= 0.3 is 6.03 Å². The van der Waals surface area contributed by atoms with Crippen LogP contribution in [0.4, 0.5) is 10.5 Å². The second-order valence-corrected chi connectivity index (χ2v) is 14.6. The van der Waals surface area contributed by atoms with Crippen molar-refractivity contribution in [2.24, 2.45) is 5.41 Å². The summed E-state index contributed by atoms with van der Waals surface area (Å²) in [6, 6.07) is 9.38. The fraction of sp³-hybridized carbons (Fsp3) is 0.515. The molecule has 11 heteroatoms. The number of benzene rings is 1. The average molecular weight is 621 g/mol. The number of rotatable bonds is 6. The molecule has 236 valence electrons. The van der Waals surface area contributed by atoms with Crippen LogP contribution in [0, 0.1) is 12.3 Å². The molecule has 1 atom stereocenters. The predicted octanol–water partition coefficient (Wildman–Crippen LogP) is 4.51. The quantitative estimate of drug-likeness (QED) is 0.435. The zero-order valence-electron chi connectivity index (χ0n) is 26.6. The van der Waals surface area contributed by atoms with Gasteiger partial charge in [0.25, 0.3) is 5.91 Å². The highest BCUT2D eigenvalue weighted by atomic mass is 32.2. The van der Waals surface area contributed by atoms with E-state index in [4.69, 9.17) is 9.72 Å². The van der Waals surface area contributed by atoms with Crippen LogP contribution in [-0.4, -0.2) is 82.4 Å². The first-order chi connectivity index (χ1) is 20.8. The number of hydrogen-bond donors (Lipinski definition) is 3. The number of morpholine rings is 1. The molecule has 4 heterocycles. The average Bonchev–Trinajstić information content (AvgIpc) is 3.42. The Hall–Kier alpha value is -3.41. The van der Waals surface area contributed by atoms with Crippen molar-refractivity contribution < 1.29 is 19.1 Å². The van der Waals surface area contributed by atoms with Gasteiger partial charge in [0.2, 0.25) is 5.91 Å². The number of aromatic nitrogens is 1. The first kappa shape index (κ1) is 32.0. The van der Waals surface area contributed by atoms with Crippen LogP contribution in [0.3, 0.4) is 0 Å². The molecule has 2 fully saturated rings. The number of anilines is 1. The molecule has 0 aliphatic carbocycles. The lowest BCUT2D eigenvalue weighted by atomic mass is 9.94. The number of carbonyl (C=O) groups is 3. The van der Waals surface area contributed by atoms with E-state index in [1.807, 2.05) is 43.5 Å². The fourth-order valence-corrected chi connectivity index (χ4v) is 7.08. The molecule has 3 aliphatic heterocycles. The molecule has 5 rings (SSSR count). The smallest absolute Gasteiger partial charge is 0.320 e. The first-order valence-electron chi connectivity index (χ1n) is 15.2. The van der Waals surface area contributed by atoms with E-state index >= 15 is 0 Å². The van der Waals surface area contributed by atoms with Gasteiger partial charge < -0.3 is 25.6 Å². The number of aryl methyl sites for hydroxylation is 1. The van der Waals surface area contributed by atoms with Gasteiger partial charge in [-0.05, 0) is 60.4 Å². The molecule has 10 nitrogen and oxygen atoms in total. The second kappa shape index (κ2) is 12.5. The molecule has 44 heavy (non-hydrogen) atoms. The molecule has 0 bridgehead atoms. The summed E-state index contributed by atoms with van der Waals surface area (Å²) in [6.45, 7) is 16.6. The van der Waals surface area contributed by atoms with Crippen molar-refractivity contribution in [1.29, 1.82) is 0 Å². The predicted molar refractivity (Wildman–Crippen MR) is 174 cm³/mol. The van der Waals surface area contributed by atoms with Crippen LogP contribution < -0.4 is 16.0 Å². The fourth-order valence-electron chi connectivity index (χ4n) is 5.72. The Morgan fingerprint density at radius 1 is 1.11 bits per heavy atom. The van der Waals surface area contributed by atoms with Gasteiger partial charge in [-0.1, -0.05) is 50.7 Å².